The molecule has 21 heavy (non-hydrogen) atoms. The predicted octanol–water partition coefficient (Wildman–Crippen LogP) is 5.87. The zero-order chi connectivity index (χ0) is 16.2. The number of rotatable bonds is 9. The predicted molar refractivity (Wildman–Crippen MR) is 95.3 cm³/mol. The summed E-state index contributed by atoms with van der Waals surface area (Å²) in [6.07, 6.45) is 7.95. The van der Waals surface area contributed by atoms with Gasteiger partial charge in [-0.25, -0.2) is 0 Å². The summed E-state index contributed by atoms with van der Waals surface area (Å²) in [5.41, 5.74) is 6.95. The van der Waals surface area contributed by atoms with Crippen molar-refractivity contribution in [1.29, 1.82) is 0 Å². The summed E-state index contributed by atoms with van der Waals surface area (Å²) in [6, 6.07) is 0.461. The Balaban J connectivity index is 3.01. The van der Waals surface area contributed by atoms with E-state index in [1.54, 1.807) is 0 Å². The van der Waals surface area contributed by atoms with E-state index in [4.69, 9.17) is 5.73 Å². The first-order valence-electron chi connectivity index (χ1n) is 9.58. The first kappa shape index (κ1) is 19.0. The third kappa shape index (κ3) is 4.03. The molecule has 1 saturated carbocycles. The Hall–Kier alpha value is -0.0400. The largest absolute Gasteiger partial charge is 0.327 e. The topological polar surface area (TPSA) is 26.0 Å². The van der Waals surface area contributed by atoms with Gasteiger partial charge in [-0.2, -0.15) is 0 Å². The second-order valence-electron chi connectivity index (χ2n) is 8.34. The van der Waals surface area contributed by atoms with E-state index in [1.807, 2.05) is 0 Å². The molecule has 5 atom stereocenters. The van der Waals surface area contributed by atoms with Gasteiger partial charge in [0.1, 0.15) is 0 Å². The fourth-order valence-corrected chi connectivity index (χ4v) is 4.97. The Labute approximate surface area is 134 Å². The van der Waals surface area contributed by atoms with Crippen LogP contribution in [0, 0.1) is 35.0 Å². The maximum atomic E-state index is 6.44. The maximum Gasteiger partial charge on any atom is 0.00752 e. The molecule has 0 radical (unpaired) electrons. The van der Waals surface area contributed by atoms with Crippen LogP contribution in [-0.2, 0) is 0 Å². The van der Waals surface area contributed by atoms with Gasteiger partial charge in [0.2, 0.25) is 0 Å². The molecule has 126 valence electrons. The second-order valence-corrected chi connectivity index (χ2v) is 8.34. The molecule has 0 amide bonds. The molecule has 1 aliphatic rings. The van der Waals surface area contributed by atoms with Gasteiger partial charge >= 0.3 is 0 Å². The number of hydrogen-bond donors (Lipinski definition) is 1. The minimum atomic E-state index is 0.461. The maximum absolute atomic E-state index is 6.44. The highest BCUT2D eigenvalue weighted by atomic mass is 14.7. The number of hydrogen-bond acceptors (Lipinski definition) is 1. The smallest absolute Gasteiger partial charge is 0.00752 e. The summed E-state index contributed by atoms with van der Waals surface area (Å²) in [4.78, 5) is 0. The van der Waals surface area contributed by atoms with Crippen molar-refractivity contribution >= 4 is 0 Å². The lowest BCUT2D eigenvalue weighted by Crippen LogP contribution is -2.54. The van der Waals surface area contributed by atoms with Crippen molar-refractivity contribution in [3.8, 4) is 0 Å². The van der Waals surface area contributed by atoms with E-state index in [1.165, 1.54) is 38.5 Å². The van der Waals surface area contributed by atoms with E-state index >= 15 is 0 Å². The van der Waals surface area contributed by atoms with Gasteiger partial charge in [-0.15, -0.1) is 0 Å². The van der Waals surface area contributed by atoms with E-state index in [0.717, 1.165) is 29.6 Å². The summed E-state index contributed by atoms with van der Waals surface area (Å²) >= 11 is 0. The molecule has 0 spiro atoms. The van der Waals surface area contributed by atoms with Crippen LogP contribution in [0.3, 0.4) is 0 Å². The Morgan fingerprint density at radius 1 is 1.10 bits per heavy atom. The molecule has 0 aromatic carbocycles. The first-order valence-corrected chi connectivity index (χ1v) is 9.58. The molecule has 1 heteroatoms. The minimum Gasteiger partial charge on any atom is -0.327 e. The Morgan fingerprint density at radius 3 is 2.00 bits per heavy atom. The third-order valence-corrected chi connectivity index (χ3v) is 6.92. The lowest BCUT2D eigenvalue weighted by atomic mass is 9.52. The van der Waals surface area contributed by atoms with Crippen molar-refractivity contribution in [2.45, 2.75) is 93.0 Å². The number of nitrogens with two attached hydrogens (primary N) is 1. The fraction of sp³-hybridized carbons (Fsp3) is 1.00. The molecular formula is C20H41N. The van der Waals surface area contributed by atoms with Gasteiger partial charge in [-0.05, 0) is 54.3 Å². The lowest BCUT2D eigenvalue weighted by molar-refractivity contribution is -0.0286. The monoisotopic (exact) mass is 295 g/mol. The second kappa shape index (κ2) is 7.99. The quantitative estimate of drug-likeness (QED) is 0.565. The van der Waals surface area contributed by atoms with Crippen LogP contribution in [0.4, 0.5) is 0 Å². The molecule has 1 aliphatic carbocycles. The lowest BCUT2D eigenvalue weighted by Gasteiger charge is -2.54. The molecule has 1 rings (SSSR count). The summed E-state index contributed by atoms with van der Waals surface area (Å²) < 4.78 is 0. The SMILES string of the molecule is CCCC(C1C(C)CC1N)C(CC)(CC)CC(C)C(C)C. The molecule has 0 aromatic rings. The molecule has 0 aliphatic heterocycles. The molecular weight excluding hydrogens is 254 g/mol. The van der Waals surface area contributed by atoms with Crippen molar-refractivity contribution in [1.82, 2.24) is 0 Å². The molecule has 0 aromatic heterocycles. The fourth-order valence-electron chi connectivity index (χ4n) is 4.97. The average molecular weight is 296 g/mol. The molecule has 5 unspecified atom stereocenters. The van der Waals surface area contributed by atoms with Crippen LogP contribution >= 0.6 is 0 Å². The van der Waals surface area contributed by atoms with Crippen molar-refractivity contribution < 1.29 is 0 Å². The standard InChI is InChI=1S/C20H41N/c1-8-11-17(19-15(6)12-18(19)21)20(9-2,10-3)13-16(7)14(4)5/h14-19H,8-13,21H2,1-7H3. The Morgan fingerprint density at radius 2 is 1.67 bits per heavy atom. The summed E-state index contributed by atoms with van der Waals surface area (Å²) in [5, 5.41) is 0. The molecule has 1 nitrogen and oxygen atoms in total. The van der Waals surface area contributed by atoms with Crippen LogP contribution in [0.25, 0.3) is 0 Å². The van der Waals surface area contributed by atoms with E-state index < -0.39 is 0 Å². The Kier molecular flexibility index (Phi) is 7.24. The van der Waals surface area contributed by atoms with Crippen molar-refractivity contribution in [2.75, 3.05) is 0 Å². The van der Waals surface area contributed by atoms with Crippen LogP contribution in [0.5, 0.6) is 0 Å². The first-order chi connectivity index (χ1) is 9.82. The van der Waals surface area contributed by atoms with Crippen molar-refractivity contribution in [3.05, 3.63) is 0 Å². The zero-order valence-corrected chi connectivity index (χ0v) is 15.8. The van der Waals surface area contributed by atoms with Crippen LogP contribution in [0.1, 0.15) is 87.0 Å². The summed E-state index contributed by atoms with van der Waals surface area (Å²) in [5.74, 6) is 4.04. The highest BCUT2D eigenvalue weighted by molar-refractivity contribution is 5.00. The normalized spacial score (nSPS) is 29.3. The molecule has 2 N–H and O–H groups in total. The van der Waals surface area contributed by atoms with Gasteiger partial charge in [0.05, 0.1) is 0 Å². The molecule has 0 saturated heterocycles. The van der Waals surface area contributed by atoms with Crippen molar-refractivity contribution in [2.24, 2.45) is 40.7 Å². The van der Waals surface area contributed by atoms with Crippen molar-refractivity contribution in [3.63, 3.8) is 0 Å². The van der Waals surface area contributed by atoms with Crippen LogP contribution in [-0.4, -0.2) is 6.04 Å². The van der Waals surface area contributed by atoms with Gasteiger partial charge in [-0.1, -0.05) is 67.7 Å². The van der Waals surface area contributed by atoms with E-state index in [0.29, 0.717) is 11.5 Å². The minimum absolute atomic E-state index is 0.461. The Bertz CT molecular complexity index is 284. The van der Waals surface area contributed by atoms with Gasteiger partial charge < -0.3 is 5.73 Å². The van der Waals surface area contributed by atoms with Gasteiger partial charge in [0.25, 0.3) is 0 Å². The van der Waals surface area contributed by atoms with Crippen LogP contribution in [0.2, 0.25) is 0 Å². The van der Waals surface area contributed by atoms with Gasteiger partial charge in [0.15, 0.2) is 0 Å². The van der Waals surface area contributed by atoms with E-state index in [2.05, 4.69) is 48.5 Å². The third-order valence-electron chi connectivity index (χ3n) is 6.92. The summed E-state index contributed by atoms with van der Waals surface area (Å²) in [6.45, 7) is 16.9. The van der Waals surface area contributed by atoms with Crippen LogP contribution in [0.15, 0.2) is 0 Å². The molecule has 0 bridgehead atoms. The van der Waals surface area contributed by atoms with Crippen LogP contribution < -0.4 is 5.73 Å². The van der Waals surface area contributed by atoms with E-state index in [-0.39, 0.29) is 0 Å². The molecule has 0 heterocycles. The average Bonchev–Trinajstić information content (AvgIpc) is 2.44. The summed E-state index contributed by atoms with van der Waals surface area (Å²) in [7, 11) is 0. The van der Waals surface area contributed by atoms with Gasteiger partial charge in [0, 0.05) is 6.04 Å². The van der Waals surface area contributed by atoms with Gasteiger partial charge in [-0.3, -0.25) is 0 Å². The van der Waals surface area contributed by atoms with E-state index in [9.17, 15) is 0 Å². The molecule has 1 fully saturated rings. The zero-order valence-electron chi connectivity index (χ0n) is 15.8. The highest BCUT2D eigenvalue weighted by Crippen LogP contribution is 2.53. The highest BCUT2D eigenvalue weighted by Gasteiger charge is 2.48.